The van der Waals surface area contributed by atoms with Crippen LogP contribution >= 0.6 is 0 Å². The van der Waals surface area contributed by atoms with Crippen molar-refractivity contribution in [2.24, 2.45) is 5.41 Å². The Morgan fingerprint density at radius 2 is 0.907 bits per heavy atom. The summed E-state index contributed by atoms with van der Waals surface area (Å²) in [6.45, 7) is 8.54. The fourth-order valence-corrected chi connectivity index (χ4v) is 7.96. The number of benzene rings is 8. The molecule has 10 rings (SSSR count). The maximum absolute atomic E-state index is 12.4. The third-order valence-corrected chi connectivity index (χ3v) is 10.8. The average molecular weight is 697 g/mol. The van der Waals surface area contributed by atoms with E-state index in [0.717, 1.165) is 28.7 Å². The van der Waals surface area contributed by atoms with E-state index in [9.17, 15) is 4.79 Å². The predicted octanol–water partition coefficient (Wildman–Crippen LogP) is 14.4. The Hall–Kier alpha value is -6.31. The van der Waals surface area contributed by atoms with Gasteiger partial charge in [0, 0.05) is 11.1 Å². The zero-order valence-electron chi connectivity index (χ0n) is 31.4. The van der Waals surface area contributed by atoms with E-state index in [2.05, 4.69) is 185 Å². The van der Waals surface area contributed by atoms with Crippen LogP contribution in [-0.2, 0) is 0 Å². The molecule has 0 unspecified atom stereocenters. The molecule has 0 radical (unpaired) electrons. The average Bonchev–Trinajstić information content (AvgIpc) is 3.51. The maximum Gasteiger partial charge on any atom is 0.190 e. The first kappa shape index (κ1) is 34.8. The van der Waals surface area contributed by atoms with Gasteiger partial charge in [0.25, 0.3) is 0 Å². The second kappa shape index (κ2) is 14.6. The molecule has 0 amide bonds. The molecule has 2 aliphatic rings. The molecular weight excluding hydrogens is 653 g/mol. The maximum atomic E-state index is 12.4. The minimum atomic E-state index is -0.0276. The quantitative estimate of drug-likeness (QED) is 0.164. The Kier molecular flexibility index (Phi) is 9.40. The van der Waals surface area contributed by atoms with Gasteiger partial charge in [-0.25, -0.2) is 0 Å². The number of Topliss-reactive ketones (excluding diaryl/α,β-unsaturated/α-hetero) is 1. The molecule has 262 valence electrons. The van der Waals surface area contributed by atoms with Gasteiger partial charge in [0.05, 0.1) is 0 Å². The molecule has 8 aromatic carbocycles. The first-order chi connectivity index (χ1) is 26.3. The number of hydrogen-bond acceptors (Lipinski definition) is 1. The Balaban J connectivity index is 0.000000116. The van der Waals surface area contributed by atoms with Crippen LogP contribution in [0.25, 0.3) is 60.1 Å². The van der Waals surface area contributed by atoms with Crippen LogP contribution in [0.1, 0.15) is 47.3 Å². The van der Waals surface area contributed by atoms with Crippen LogP contribution in [0.3, 0.4) is 0 Å². The lowest BCUT2D eigenvalue weighted by molar-refractivity contribution is 0.101. The number of carbonyl (C=O) groups excluding carboxylic acids is 1. The predicted molar refractivity (Wildman–Crippen MR) is 231 cm³/mol. The molecule has 0 aromatic heterocycles. The molecule has 2 aliphatic carbocycles. The van der Waals surface area contributed by atoms with Crippen molar-refractivity contribution >= 4 is 43.7 Å². The summed E-state index contributed by atoms with van der Waals surface area (Å²) in [4.78, 5) is 12.4. The van der Waals surface area contributed by atoms with Crippen molar-refractivity contribution < 1.29 is 4.79 Å². The van der Waals surface area contributed by atoms with Crippen LogP contribution in [-0.4, -0.2) is 5.78 Å². The first-order valence-corrected chi connectivity index (χ1v) is 18.9. The highest BCUT2D eigenvalue weighted by Crippen LogP contribution is 2.47. The van der Waals surface area contributed by atoms with Gasteiger partial charge in [-0.2, -0.15) is 0 Å². The van der Waals surface area contributed by atoms with E-state index in [1.807, 2.05) is 24.3 Å². The number of ketones is 1. The zero-order valence-corrected chi connectivity index (χ0v) is 31.4. The van der Waals surface area contributed by atoms with Crippen LogP contribution in [0.4, 0.5) is 0 Å². The second-order valence-corrected chi connectivity index (χ2v) is 15.1. The molecule has 0 saturated heterocycles. The minimum absolute atomic E-state index is 0.0276. The zero-order chi connectivity index (χ0) is 37.2. The van der Waals surface area contributed by atoms with Crippen molar-refractivity contribution in [2.75, 3.05) is 0 Å². The summed E-state index contributed by atoms with van der Waals surface area (Å²) in [6, 6.07) is 60.0. The summed E-state index contributed by atoms with van der Waals surface area (Å²) >= 11 is 0. The monoisotopic (exact) mass is 696 g/mol. The van der Waals surface area contributed by atoms with Gasteiger partial charge in [0.1, 0.15) is 0 Å². The highest BCUT2D eigenvalue weighted by molar-refractivity contribution is 6.23. The molecule has 1 nitrogen and oxygen atoms in total. The van der Waals surface area contributed by atoms with Gasteiger partial charge < -0.3 is 0 Å². The molecule has 8 aromatic rings. The first-order valence-electron chi connectivity index (χ1n) is 18.9. The lowest BCUT2D eigenvalue weighted by Crippen LogP contribution is -2.20. The van der Waals surface area contributed by atoms with Gasteiger partial charge in [0.15, 0.2) is 5.78 Å². The minimum Gasteiger partial charge on any atom is -0.289 e. The van der Waals surface area contributed by atoms with Crippen molar-refractivity contribution in [1.82, 2.24) is 0 Å². The largest absolute Gasteiger partial charge is 0.289 e. The molecule has 0 saturated carbocycles. The van der Waals surface area contributed by atoms with Crippen molar-refractivity contribution in [2.45, 2.75) is 34.1 Å². The van der Waals surface area contributed by atoms with Gasteiger partial charge in [-0.3, -0.25) is 4.79 Å². The summed E-state index contributed by atoms with van der Waals surface area (Å²) in [5, 5.41) is 7.88. The number of fused-ring (bicyclic) bond motifs is 6. The summed E-state index contributed by atoms with van der Waals surface area (Å²) in [6.07, 6.45) is 5.23. The number of hydrogen-bond donors (Lipinski definition) is 0. The number of allylic oxidation sites excluding steroid dienone is 4. The van der Waals surface area contributed by atoms with Crippen molar-refractivity contribution in [3.8, 4) is 22.3 Å². The lowest BCUT2D eigenvalue weighted by atomic mass is 9.75. The summed E-state index contributed by atoms with van der Waals surface area (Å²) in [7, 11) is 0. The number of carbonyl (C=O) groups is 1. The molecule has 0 fully saturated rings. The van der Waals surface area contributed by atoms with E-state index in [4.69, 9.17) is 0 Å². The van der Waals surface area contributed by atoms with E-state index in [1.165, 1.54) is 65.7 Å². The Morgan fingerprint density at radius 1 is 0.426 bits per heavy atom. The van der Waals surface area contributed by atoms with Gasteiger partial charge in [-0.05, 0) is 91.4 Å². The Labute approximate surface area is 319 Å². The van der Waals surface area contributed by atoms with E-state index < -0.39 is 0 Å². The normalized spacial score (nSPS) is 13.9. The van der Waals surface area contributed by atoms with Gasteiger partial charge in [-0.1, -0.05) is 207 Å². The van der Waals surface area contributed by atoms with Crippen molar-refractivity contribution in [3.05, 3.63) is 210 Å². The van der Waals surface area contributed by atoms with Crippen molar-refractivity contribution in [1.29, 1.82) is 0 Å². The molecule has 0 spiro atoms. The second-order valence-electron chi connectivity index (χ2n) is 15.1. The third kappa shape index (κ3) is 6.70. The highest BCUT2D eigenvalue weighted by atomic mass is 16.1. The fourth-order valence-electron chi connectivity index (χ4n) is 7.96. The van der Waals surface area contributed by atoms with E-state index in [1.54, 1.807) is 0 Å². The standard InChI is InChI=1S/C21H16.C17H14.C15H14O/c1-15-9-11-17(12-10-15)19-7-4-8-20-18-6-3-2-5-16(18)13-14-21(19)20;1-13-9-11-15(12-10-13)17-8-4-6-14-5-2-3-7-16(14)17;1-15(2)9-5-8-11-10-6-3-4-7-12(10)14(16)13(11)15/h2-14H,1H3;2-12H,1H3;3-8H,9H2,1-2H3. The summed E-state index contributed by atoms with van der Waals surface area (Å²) in [5.41, 5.74) is 11.8. The molecule has 0 heterocycles. The fraction of sp³-hybridized carbons (Fsp3) is 0.113. The Morgan fingerprint density at radius 3 is 1.57 bits per heavy atom. The molecule has 54 heavy (non-hydrogen) atoms. The van der Waals surface area contributed by atoms with Crippen LogP contribution in [0.15, 0.2) is 188 Å². The van der Waals surface area contributed by atoms with Crippen molar-refractivity contribution in [3.63, 3.8) is 0 Å². The van der Waals surface area contributed by atoms with Gasteiger partial charge in [-0.15, -0.1) is 0 Å². The van der Waals surface area contributed by atoms with Gasteiger partial charge in [0.2, 0.25) is 0 Å². The lowest BCUT2D eigenvalue weighted by Gasteiger charge is -2.27. The highest BCUT2D eigenvalue weighted by Gasteiger charge is 2.38. The topological polar surface area (TPSA) is 17.1 Å². The summed E-state index contributed by atoms with van der Waals surface area (Å²) < 4.78 is 0. The number of aryl methyl sites for hydroxylation is 2. The molecule has 0 atom stereocenters. The molecule has 0 N–H and O–H groups in total. The smallest absolute Gasteiger partial charge is 0.190 e. The van der Waals surface area contributed by atoms with E-state index in [0.29, 0.717) is 0 Å². The third-order valence-electron chi connectivity index (χ3n) is 10.8. The van der Waals surface area contributed by atoms with E-state index >= 15 is 0 Å². The van der Waals surface area contributed by atoms with Crippen LogP contribution in [0.2, 0.25) is 0 Å². The molecular formula is C53H44O. The summed E-state index contributed by atoms with van der Waals surface area (Å²) in [5.74, 6) is 0.222. The molecule has 0 bridgehead atoms. The van der Waals surface area contributed by atoms with Crippen LogP contribution in [0.5, 0.6) is 0 Å². The molecule has 0 aliphatic heterocycles. The van der Waals surface area contributed by atoms with Gasteiger partial charge >= 0.3 is 0 Å². The SMILES string of the molecule is CC1(C)CC=CC2=C1C(=O)c1ccccc12.Cc1ccc(-c2cccc3c2ccc2ccccc23)cc1.Cc1ccc(-c2cccc3ccccc23)cc1. The van der Waals surface area contributed by atoms with Crippen LogP contribution in [0, 0.1) is 19.3 Å². The Bertz CT molecular complexity index is 2720. The van der Waals surface area contributed by atoms with Crippen LogP contribution < -0.4 is 0 Å². The number of rotatable bonds is 2. The van der Waals surface area contributed by atoms with E-state index in [-0.39, 0.29) is 11.2 Å². The molecule has 1 heteroatoms.